The molecular formula is C17H21N3O5. The second kappa shape index (κ2) is 7.33. The van der Waals surface area contributed by atoms with Gasteiger partial charge in [-0.25, -0.2) is 4.79 Å². The van der Waals surface area contributed by atoms with Crippen molar-refractivity contribution in [3.63, 3.8) is 0 Å². The second-order valence-electron chi connectivity index (χ2n) is 6.07. The molecule has 0 spiro atoms. The maximum Gasteiger partial charge on any atom is 0.328 e. The number of H-pyrrole nitrogens is 1. The first-order chi connectivity index (χ1) is 11.7. The average molecular weight is 347 g/mol. The molecule has 0 aromatic carbocycles. The molecule has 0 saturated carbocycles. The number of hydrogen-bond acceptors (Lipinski definition) is 5. The van der Waals surface area contributed by atoms with Gasteiger partial charge in [0.25, 0.3) is 5.56 Å². The lowest BCUT2D eigenvalue weighted by atomic mass is 10.1. The van der Waals surface area contributed by atoms with E-state index in [0.29, 0.717) is 5.56 Å². The Balaban J connectivity index is 2.02. The zero-order valence-electron chi connectivity index (χ0n) is 14.7. The van der Waals surface area contributed by atoms with Crippen LogP contribution in [0.2, 0.25) is 0 Å². The SMILES string of the molecule is Cc1cc(C(=O)COC(=O)Cn2ccc(=O)[nH]c2=O)c(C)n1C(C)C. The molecule has 0 bridgehead atoms. The van der Waals surface area contributed by atoms with E-state index in [4.69, 9.17) is 4.74 Å². The fourth-order valence-electron chi connectivity index (χ4n) is 2.83. The minimum absolute atomic E-state index is 0.219. The number of aromatic amines is 1. The van der Waals surface area contributed by atoms with E-state index < -0.39 is 23.8 Å². The Kier molecular flexibility index (Phi) is 5.41. The molecule has 0 radical (unpaired) electrons. The highest BCUT2D eigenvalue weighted by atomic mass is 16.5. The van der Waals surface area contributed by atoms with Crippen molar-refractivity contribution in [2.24, 2.45) is 0 Å². The second-order valence-corrected chi connectivity index (χ2v) is 6.07. The number of ketones is 1. The third kappa shape index (κ3) is 4.14. The Morgan fingerprint density at radius 3 is 2.48 bits per heavy atom. The maximum atomic E-state index is 12.3. The molecule has 0 amide bonds. The van der Waals surface area contributed by atoms with Crippen LogP contribution < -0.4 is 11.2 Å². The molecule has 2 aromatic heterocycles. The summed E-state index contributed by atoms with van der Waals surface area (Å²) < 4.78 is 8.00. The van der Waals surface area contributed by atoms with Crippen molar-refractivity contribution in [1.29, 1.82) is 0 Å². The lowest BCUT2D eigenvalue weighted by molar-refractivity contribution is -0.143. The van der Waals surface area contributed by atoms with E-state index in [1.807, 2.05) is 37.2 Å². The molecule has 0 saturated heterocycles. The van der Waals surface area contributed by atoms with Gasteiger partial charge in [0, 0.05) is 35.3 Å². The summed E-state index contributed by atoms with van der Waals surface area (Å²) in [7, 11) is 0. The molecule has 0 aliphatic carbocycles. The summed E-state index contributed by atoms with van der Waals surface area (Å²) in [4.78, 5) is 48.7. The standard InChI is InChI=1S/C17H21N3O5/c1-10(2)20-11(3)7-13(12(20)4)14(21)9-25-16(23)8-19-6-5-15(22)18-17(19)24/h5-7,10H,8-9H2,1-4H3,(H,18,22,24). The van der Waals surface area contributed by atoms with Crippen LogP contribution in [-0.2, 0) is 16.1 Å². The summed E-state index contributed by atoms with van der Waals surface area (Å²) in [6, 6.07) is 3.12. The Bertz CT molecular complexity index is 917. The van der Waals surface area contributed by atoms with E-state index in [9.17, 15) is 19.2 Å². The van der Waals surface area contributed by atoms with Crippen LogP contribution in [0.4, 0.5) is 0 Å². The maximum absolute atomic E-state index is 12.3. The molecule has 0 aliphatic rings. The van der Waals surface area contributed by atoms with Crippen LogP contribution in [0.15, 0.2) is 27.9 Å². The van der Waals surface area contributed by atoms with E-state index in [1.54, 1.807) is 6.07 Å². The number of rotatable bonds is 6. The summed E-state index contributed by atoms with van der Waals surface area (Å²) in [5, 5.41) is 0. The minimum Gasteiger partial charge on any atom is -0.456 e. The van der Waals surface area contributed by atoms with Crippen LogP contribution in [0.3, 0.4) is 0 Å². The van der Waals surface area contributed by atoms with Crippen LogP contribution in [0.25, 0.3) is 0 Å². The predicted octanol–water partition coefficient (Wildman–Crippen LogP) is 0.962. The van der Waals surface area contributed by atoms with Gasteiger partial charge in [-0.15, -0.1) is 0 Å². The van der Waals surface area contributed by atoms with Gasteiger partial charge in [-0.2, -0.15) is 0 Å². The molecule has 25 heavy (non-hydrogen) atoms. The van der Waals surface area contributed by atoms with Gasteiger partial charge < -0.3 is 9.30 Å². The summed E-state index contributed by atoms with van der Waals surface area (Å²) in [5.41, 5.74) is 1.04. The third-order valence-electron chi connectivity index (χ3n) is 3.86. The van der Waals surface area contributed by atoms with Gasteiger partial charge in [0.15, 0.2) is 6.61 Å². The van der Waals surface area contributed by atoms with Crippen LogP contribution in [0, 0.1) is 13.8 Å². The lowest BCUT2D eigenvalue weighted by Crippen LogP contribution is -2.31. The van der Waals surface area contributed by atoms with Crippen molar-refractivity contribution in [1.82, 2.24) is 14.1 Å². The fourth-order valence-corrected chi connectivity index (χ4v) is 2.83. The number of Topliss-reactive ketones (excluding diaryl/α,β-unsaturated/α-hetero) is 1. The highest BCUT2D eigenvalue weighted by molar-refractivity contribution is 5.99. The molecule has 2 rings (SSSR count). The molecule has 0 atom stereocenters. The van der Waals surface area contributed by atoms with Crippen molar-refractivity contribution in [2.45, 2.75) is 40.3 Å². The first kappa shape index (κ1) is 18.4. The zero-order chi connectivity index (χ0) is 18.7. The zero-order valence-corrected chi connectivity index (χ0v) is 14.7. The highest BCUT2D eigenvalue weighted by Crippen LogP contribution is 2.20. The number of ether oxygens (including phenoxy) is 1. The number of carbonyl (C=O) groups excluding carboxylic acids is 2. The number of carbonyl (C=O) groups is 2. The topological polar surface area (TPSA) is 103 Å². The molecule has 1 N–H and O–H groups in total. The van der Waals surface area contributed by atoms with Gasteiger partial charge in [0.2, 0.25) is 5.78 Å². The summed E-state index contributed by atoms with van der Waals surface area (Å²) in [6.45, 7) is 7.03. The summed E-state index contributed by atoms with van der Waals surface area (Å²) >= 11 is 0. The molecule has 8 nitrogen and oxygen atoms in total. The van der Waals surface area contributed by atoms with E-state index in [2.05, 4.69) is 0 Å². The Morgan fingerprint density at radius 2 is 1.92 bits per heavy atom. The van der Waals surface area contributed by atoms with Gasteiger partial charge in [-0.05, 0) is 33.8 Å². The molecule has 2 aromatic rings. The van der Waals surface area contributed by atoms with Gasteiger partial charge in [-0.3, -0.25) is 23.9 Å². The quantitative estimate of drug-likeness (QED) is 0.619. The molecule has 0 unspecified atom stereocenters. The van der Waals surface area contributed by atoms with E-state index >= 15 is 0 Å². The normalized spacial score (nSPS) is 10.9. The number of esters is 1. The Hall–Kier alpha value is -2.90. The number of nitrogens with zero attached hydrogens (tertiary/aromatic N) is 2. The number of nitrogens with one attached hydrogen (secondary N) is 1. The van der Waals surface area contributed by atoms with E-state index in [0.717, 1.165) is 22.0 Å². The molecular weight excluding hydrogens is 326 g/mol. The molecule has 0 aliphatic heterocycles. The van der Waals surface area contributed by atoms with Crippen LogP contribution in [-0.4, -0.2) is 32.5 Å². The van der Waals surface area contributed by atoms with E-state index in [1.165, 1.54) is 6.20 Å². The Labute approximate surface area is 144 Å². The molecule has 2 heterocycles. The van der Waals surface area contributed by atoms with Crippen molar-refractivity contribution < 1.29 is 14.3 Å². The predicted molar refractivity (Wildman–Crippen MR) is 90.9 cm³/mol. The summed E-state index contributed by atoms with van der Waals surface area (Å²) in [6.07, 6.45) is 1.19. The van der Waals surface area contributed by atoms with Crippen LogP contribution >= 0.6 is 0 Å². The highest BCUT2D eigenvalue weighted by Gasteiger charge is 2.18. The van der Waals surface area contributed by atoms with Crippen molar-refractivity contribution >= 4 is 11.8 Å². The number of hydrogen-bond donors (Lipinski definition) is 1. The van der Waals surface area contributed by atoms with Crippen molar-refractivity contribution in [3.05, 3.63) is 56.1 Å². The number of aromatic nitrogens is 3. The minimum atomic E-state index is -0.736. The monoisotopic (exact) mass is 347 g/mol. The summed E-state index contributed by atoms with van der Waals surface area (Å²) in [5.74, 6) is -1.04. The molecule has 8 heteroatoms. The van der Waals surface area contributed by atoms with Crippen LogP contribution in [0.1, 0.15) is 41.6 Å². The van der Waals surface area contributed by atoms with Crippen molar-refractivity contribution in [2.75, 3.05) is 6.61 Å². The largest absolute Gasteiger partial charge is 0.456 e. The lowest BCUT2D eigenvalue weighted by Gasteiger charge is -2.13. The van der Waals surface area contributed by atoms with Gasteiger partial charge in [0.1, 0.15) is 6.54 Å². The average Bonchev–Trinajstić information content (AvgIpc) is 2.82. The first-order valence-corrected chi connectivity index (χ1v) is 7.87. The van der Waals surface area contributed by atoms with Crippen LogP contribution in [0.5, 0.6) is 0 Å². The number of aryl methyl sites for hydroxylation is 1. The molecule has 0 fully saturated rings. The van der Waals surface area contributed by atoms with E-state index in [-0.39, 0.29) is 18.4 Å². The van der Waals surface area contributed by atoms with Crippen molar-refractivity contribution in [3.8, 4) is 0 Å². The fraction of sp³-hybridized carbons (Fsp3) is 0.412. The van der Waals surface area contributed by atoms with Gasteiger partial charge in [-0.1, -0.05) is 0 Å². The third-order valence-corrected chi connectivity index (χ3v) is 3.86. The first-order valence-electron chi connectivity index (χ1n) is 7.87. The molecule has 134 valence electrons. The van der Waals surface area contributed by atoms with Gasteiger partial charge >= 0.3 is 11.7 Å². The smallest absolute Gasteiger partial charge is 0.328 e. The Morgan fingerprint density at radius 1 is 1.24 bits per heavy atom. The van der Waals surface area contributed by atoms with Gasteiger partial charge in [0.05, 0.1) is 0 Å².